The fraction of sp³-hybridized carbons (Fsp3) is 0.611. The molecule has 1 heterocycles. The number of likely N-dealkylation sites (tertiary alicyclic amines) is 1. The summed E-state index contributed by atoms with van der Waals surface area (Å²) in [7, 11) is 0. The van der Waals surface area contributed by atoms with Crippen LogP contribution in [0, 0.1) is 20.8 Å². The van der Waals surface area contributed by atoms with Crippen LogP contribution in [0.4, 0.5) is 5.69 Å². The van der Waals surface area contributed by atoms with Crippen LogP contribution in [0.15, 0.2) is 12.1 Å². The van der Waals surface area contributed by atoms with E-state index in [-0.39, 0.29) is 24.4 Å². The maximum atomic E-state index is 12.6. The third-order valence-electron chi connectivity index (χ3n) is 4.58. The number of rotatable bonds is 5. The molecule has 0 radical (unpaired) electrons. The zero-order chi connectivity index (χ0) is 15.4. The Morgan fingerprint density at radius 2 is 1.91 bits per heavy atom. The van der Waals surface area contributed by atoms with E-state index in [0.717, 1.165) is 36.3 Å². The van der Waals surface area contributed by atoms with Crippen LogP contribution in [0.2, 0.25) is 0 Å². The molecule has 4 heteroatoms. The van der Waals surface area contributed by atoms with Crippen molar-refractivity contribution >= 4 is 11.6 Å². The fourth-order valence-electron chi connectivity index (χ4n) is 3.52. The minimum atomic E-state index is 0. The number of nitrogens with one attached hydrogen (secondary N) is 2. The van der Waals surface area contributed by atoms with Crippen molar-refractivity contribution in [3.8, 4) is 0 Å². The number of anilines is 1. The van der Waals surface area contributed by atoms with Crippen LogP contribution < -0.4 is 22.6 Å². The lowest BCUT2D eigenvalue weighted by molar-refractivity contribution is -0.903. The lowest BCUT2D eigenvalue weighted by atomic mass is 10.0. The maximum Gasteiger partial charge on any atom is 0.282 e. The second-order valence-corrected chi connectivity index (χ2v) is 6.47. The van der Waals surface area contributed by atoms with Crippen LogP contribution in [0.25, 0.3) is 0 Å². The molecule has 3 nitrogen and oxygen atoms in total. The molecule has 0 saturated carbocycles. The van der Waals surface area contributed by atoms with E-state index in [1.54, 1.807) is 0 Å². The molecule has 22 heavy (non-hydrogen) atoms. The maximum absolute atomic E-state index is 12.6. The summed E-state index contributed by atoms with van der Waals surface area (Å²) in [4.78, 5) is 14.1. The normalized spacial score (nSPS) is 20.5. The van der Waals surface area contributed by atoms with E-state index in [9.17, 15) is 4.79 Å². The van der Waals surface area contributed by atoms with Crippen LogP contribution >= 0.6 is 0 Å². The molecule has 2 N–H and O–H groups in total. The van der Waals surface area contributed by atoms with Crippen LogP contribution in [0.3, 0.4) is 0 Å². The van der Waals surface area contributed by atoms with Crippen molar-refractivity contribution in [1.29, 1.82) is 0 Å². The minimum absolute atomic E-state index is 0. The fourth-order valence-corrected chi connectivity index (χ4v) is 3.52. The summed E-state index contributed by atoms with van der Waals surface area (Å²) in [6.45, 7) is 10.7. The Morgan fingerprint density at radius 3 is 2.50 bits per heavy atom. The lowest BCUT2D eigenvalue weighted by Gasteiger charge is -2.22. The zero-order valence-electron chi connectivity index (χ0n) is 14.3. The Bertz CT molecular complexity index is 493. The predicted octanol–water partition coefficient (Wildman–Crippen LogP) is -0.598. The number of hydrogen-bond acceptors (Lipinski definition) is 1. The Morgan fingerprint density at radius 1 is 1.27 bits per heavy atom. The third-order valence-corrected chi connectivity index (χ3v) is 4.58. The Kier molecular flexibility index (Phi) is 7.37. The van der Waals surface area contributed by atoms with E-state index in [0.29, 0.717) is 0 Å². The zero-order valence-corrected chi connectivity index (χ0v) is 15.0. The van der Waals surface area contributed by atoms with Gasteiger partial charge in [0.1, 0.15) is 0 Å². The molecule has 1 aromatic rings. The average molecular weight is 325 g/mol. The smallest absolute Gasteiger partial charge is 0.282 e. The van der Waals surface area contributed by atoms with Gasteiger partial charge < -0.3 is 22.6 Å². The van der Waals surface area contributed by atoms with Gasteiger partial charge in [-0.05, 0) is 38.3 Å². The highest BCUT2D eigenvalue weighted by molar-refractivity contribution is 5.95. The molecule has 0 spiro atoms. The molecule has 1 aliphatic rings. The molecule has 2 rings (SSSR count). The highest BCUT2D eigenvalue weighted by Crippen LogP contribution is 2.22. The number of carbonyl (C=O) groups is 1. The number of hydrogen-bond donors (Lipinski definition) is 2. The number of benzene rings is 1. The number of quaternary nitrogens is 1. The second-order valence-electron chi connectivity index (χ2n) is 6.47. The largest absolute Gasteiger partial charge is 1.00 e. The van der Waals surface area contributed by atoms with Crippen molar-refractivity contribution in [3.63, 3.8) is 0 Å². The van der Waals surface area contributed by atoms with Crippen LogP contribution in [-0.4, -0.2) is 25.0 Å². The van der Waals surface area contributed by atoms with Gasteiger partial charge in [-0.15, -0.1) is 0 Å². The van der Waals surface area contributed by atoms with Gasteiger partial charge in [-0.2, -0.15) is 0 Å². The Hall–Kier alpha value is -1.06. The molecule has 2 atom stereocenters. The molecule has 1 aromatic carbocycles. The van der Waals surface area contributed by atoms with Gasteiger partial charge in [0.15, 0.2) is 6.04 Å². The van der Waals surface area contributed by atoms with E-state index in [2.05, 4.69) is 45.1 Å². The van der Waals surface area contributed by atoms with E-state index in [4.69, 9.17) is 0 Å². The van der Waals surface area contributed by atoms with Crippen molar-refractivity contribution in [2.75, 3.05) is 18.4 Å². The number of unbranched alkanes of at least 4 members (excludes halogenated alkanes) is 1. The van der Waals surface area contributed by atoms with Crippen molar-refractivity contribution in [1.82, 2.24) is 0 Å². The highest BCUT2D eigenvalue weighted by atomic mass is 35.5. The van der Waals surface area contributed by atoms with Crippen molar-refractivity contribution in [3.05, 3.63) is 28.8 Å². The topological polar surface area (TPSA) is 33.5 Å². The van der Waals surface area contributed by atoms with E-state index in [1.807, 2.05) is 0 Å². The summed E-state index contributed by atoms with van der Waals surface area (Å²) in [6.07, 6.45) is 4.60. The van der Waals surface area contributed by atoms with Gasteiger partial charge in [0, 0.05) is 18.5 Å². The Labute approximate surface area is 140 Å². The van der Waals surface area contributed by atoms with Crippen LogP contribution in [0.1, 0.15) is 49.3 Å². The standard InChI is InChI=1S/C18H28N2O.ClH/c1-5-6-9-20-10-7-8-16(20)18(21)19-17-14(3)11-13(2)12-15(17)4;/h11-12,16H,5-10H2,1-4H3,(H,19,21);1H. The first-order valence-corrected chi connectivity index (χ1v) is 8.26. The molecule has 1 fully saturated rings. The van der Waals surface area contributed by atoms with Gasteiger partial charge in [0.25, 0.3) is 5.91 Å². The lowest BCUT2D eigenvalue weighted by Crippen LogP contribution is -3.14. The van der Waals surface area contributed by atoms with Crippen molar-refractivity contribution in [2.45, 2.75) is 59.4 Å². The monoisotopic (exact) mass is 324 g/mol. The minimum Gasteiger partial charge on any atom is -1.00 e. The van der Waals surface area contributed by atoms with Crippen LogP contribution in [-0.2, 0) is 4.79 Å². The summed E-state index contributed by atoms with van der Waals surface area (Å²) < 4.78 is 0. The molecule has 0 aliphatic carbocycles. The summed E-state index contributed by atoms with van der Waals surface area (Å²) in [5, 5.41) is 3.19. The molecule has 124 valence electrons. The molecule has 0 bridgehead atoms. The average Bonchev–Trinajstić information content (AvgIpc) is 2.88. The Balaban J connectivity index is 0.00000242. The number of aryl methyl sites for hydroxylation is 3. The summed E-state index contributed by atoms with van der Waals surface area (Å²) in [6, 6.07) is 4.41. The van der Waals surface area contributed by atoms with Gasteiger partial charge >= 0.3 is 0 Å². The summed E-state index contributed by atoms with van der Waals surface area (Å²) in [5.41, 5.74) is 4.58. The predicted molar refractivity (Wildman–Crippen MR) is 87.9 cm³/mol. The first-order chi connectivity index (χ1) is 10.0. The van der Waals surface area contributed by atoms with Gasteiger partial charge in [-0.3, -0.25) is 4.79 Å². The van der Waals surface area contributed by atoms with Gasteiger partial charge in [0.2, 0.25) is 0 Å². The first kappa shape index (κ1) is 19.0. The van der Waals surface area contributed by atoms with Gasteiger partial charge in [-0.25, -0.2) is 0 Å². The molecule has 1 amide bonds. The molecule has 2 unspecified atom stereocenters. The van der Waals surface area contributed by atoms with Gasteiger partial charge in [-0.1, -0.05) is 31.0 Å². The van der Waals surface area contributed by atoms with Crippen molar-refractivity contribution in [2.24, 2.45) is 0 Å². The molecule has 1 aliphatic heterocycles. The first-order valence-electron chi connectivity index (χ1n) is 8.26. The quantitative estimate of drug-likeness (QED) is 0.745. The molecular formula is C18H29ClN2O. The highest BCUT2D eigenvalue weighted by Gasteiger charge is 2.34. The number of amides is 1. The molecular weight excluding hydrogens is 296 g/mol. The molecule has 0 aromatic heterocycles. The summed E-state index contributed by atoms with van der Waals surface area (Å²) in [5.74, 6) is 0.202. The van der Waals surface area contributed by atoms with Crippen molar-refractivity contribution < 1.29 is 22.1 Å². The SMILES string of the molecule is CCCC[NH+]1CCCC1C(=O)Nc1c(C)cc(C)cc1C.[Cl-]. The number of halogens is 1. The van der Waals surface area contributed by atoms with E-state index >= 15 is 0 Å². The van der Waals surface area contributed by atoms with Crippen LogP contribution in [0.5, 0.6) is 0 Å². The third kappa shape index (κ3) is 4.47. The summed E-state index contributed by atoms with van der Waals surface area (Å²) >= 11 is 0. The van der Waals surface area contributed by atoms with E-state index in [1.165, 1.54) is 29.7 Å². The molecule has 1 saturated heterocycles. The number of carbonyl (C=O) groups excluding carboxylic acids is 1. The van der Waals surface area contributed by atoms with E-state index < -0.39 is 0 Å². The second kappa shape index (κ2) is 8.54. The van der Waals surface area contributed by atoms with Gasteiger partial charge in [0.05, 0.1) is 13.1 Å².